The van der Waals surface area contributed by atoms with Crippen LogP contribution in [0, 0.1) is 5.92 Å². The molecule has 19 heavy (non-hydrogen) atoms. The summed E-state index contributed by atoms with van der Waals surface area (Å²) in [4.78, 5) is 24.5. The fourth-order valence-electron chi connectivity index (χ4n) is 2.41. The molecule has 0 atom stereocenters. The molecule has 0 saturated heterocycles. The Labute approximate surface area is 111 Å². The van der Waals surface area contributed by atoms with E-state index in [0.29, 0.717) is 18.2 Å². The largest absolute Gasteiger partial charge is 0.480 e. The number of aliphatic carboxylic acids is 1. The number of aliphatic hydroxyl groups excluding tert-OH is 1. The van der Waals surface area contributed by atoms with Gasteiger partial charge in [-0.05, 0) is 30.9 Å². The third kappa shape index (κ3) is 3.14. The number of hydrogen-bond acceptors (Lipinski definition) is 3. The zero-order valence-electron chi connectivity index (χ0n) is 10.8. The first-order valence-corrected chi connectivity index (χ1v) is 6.28. The Bertz CT molecular complexity index is 477. The van der Waals surface area contributed by atoms with Gasteiger partial charge in [-0.2, -0.15) is 0 Å². The Balaban J connectivity index is 1.98. The lowest BCUT2D eigenvalue weighted by atomic mass is 9.82. The second-order valence-electron chi connectivity index (χ2n) is 5.09. The van der Waals surface area contributed by atoms with E-state index in [1.165, 1.54) is 4.57 Å². The summed E-state index contributed by atoms with van der Waals surface area (Å²) in [5.74, 6) is -0.825. The zero-order valence-corrected chi connectivity index (χ0v) is 10.8. The molecule has 1 amide bonds. The molecule has 1 aliphatic rings. The van der Waals surface area contributed by atoms with E-state index < -0.39 is 5.97 Å². The Hall–Kier alpha value is -1.82. The predicted molar refractivity (Wildman–Crippen MR) is 67.8 cm³/mol. The topological polar surface area (TPSA) is 82.8 Å². The van der Waals surface area contributed by atoms with Crippen molar-refractivity contribution < 1.29 is 19.8 Å². The normalized spacial score (nSPS) is 21.8. The molecule has 6 heteroatoms. The van der Waals surface area contributed by atoms with Gasteiger partial charge in [-0.3, -0.25) is 9.59 Å². The highest BCUT2D eigenvalue weighted by molar-refractivity contribution is 5.93. The lowest BCUT2D eigenvalue weighted by molar-refractivity contribution is -0.137. The number of nitrogens with zero attached hydrogens (tertiary/aromatic N) is 2. The Morgan fingerprint density at radius 3 is 2.74 bits per heavy atom. The summed E-state index contributed by atoms with van der Waals surface area (Å²) in [5.41, 5.74) is 0.379. The van der Waals surface area contributed by atoms with Gasteiger partial charge >= 0.3 is 5.97 Å². The number of aromatic nitrogens is 1. The van der Waals surface area contributed by atoms with E-state index in [-0.39, 0.29) is 18.6 Å². The van der Waals surface area contributed by atoms with Crippen molar-refractivity contribution in [1.29, 1.82) is 0 Å². The average molecular weight is 266 g/mol. The average Bonchev–Trinajstić information content (AvgIpc) is 2.73. The second-order valence-corrected chi connectivity index (χ2v) is 5.09. The van der Waals surface area contributed by atoms with Gasteiger partial charge in [0.25, 0.3) is 5.91 Å². The molecule has 0 radical (unpaired) electrons. The van der Waals surface area contributed by atoms with Gasteiger partial charge in [0.05, 0.1) is 6.10 Å². The summed E-state index contributed by atoms with van der Waals surface area (Å²) in [5, 5.41) is 18.0. The van der Waals surface area contributed by atoms with Crippen LogP contribution in [0.4, 0.5) is 0 Å². The highest BCUT2D eigenvalue weighted by Gasteiger charge is 2.29. The molecular weight excluding hydrogens is 248 g/mol. The van der Waals surface area contributed by atoms with Crippen LogP contribution < -0.4 is 0 Å². The lowest BCUT2D eigenvalue weighted by Gasteiger charge is -2.34. The minimum absolute atomic E-state index is 0.187. The van der Waals surface area contributed by atoms with Gasteiger partial charge in [-0.25, -0.2) is 0 Å². The number of carbonyl (C=O) groups excluding carboxylic acids is 1. The first-order chi connectivity index (χ1) is 8.97. The molecule has 0 bridgehead atoms. The summed E-state index contributed by atoms with van der Waals surface area (Å²) < 4.78 is 1.43. The third-order valence-corrected chi connectivity index (χ3v) is 3.44. The Morgan fingerprint density at radius 1 is 1.47 bits per heavy atom. The second kappa shape index (κ2) is 5.44. The number of rotatable bonds is 5. The monoisotopic (exact) mass is 266 g/mol. The number of amides is 1. The Morgan fingerprint density at radius 2 is 2.16 bits per heavy atom. The molecule has 6 nitrogen and oxygen atoms in total. The molecule has 1 aromatic heterocycles. The van der Waals surface area contributed by atoms with Gasteiger partial charge in [0.2, 0.25) is 0 Å². The number of carboxylic acid groups (broad SMARTS) is 1. The van der Waals surface area contributed by atoms with Gasteiger partial charge in [-0.15, -0.1) is 0 Å². The minimum Gasteiger partial charge on any atom is -0.480 e. The molecular formula is C13H18N2O4. The van der Waals surface area contributed by atoms with Crippen molar-refractivity contribution in [2.24, 2.45) is 5.92 Å². The standard InChI is InChI=1S/C13H18N2O4/c1-14(7-9-5-10(16)6-9)13(19)11-3-2-4-15(11)8-12(17)18/h2-4,9-10,16H,5-8H2,1H3,(H,17,18). The third-order valence-electron chi connectivity index (χ3n) is 3.44. The van der Waals surface area contributed by atoms with Crippen LogP contribution >= 0.6 is 0 Å². The minimum atomic E-state index is -0.977. The van der Waals surface area contributed by atoms with E-state index >= 15 is 0 Å². The molecule has 2 N–H and O–H groups in total. The quantitative estimate of drug-likeness (QED) is 0.809. The van der Waals surface area contributed by atoms with Gasteiger partial charge < -0.3 is 19.7 Å². The van der Waals surface area contributed by atoms with Crippen molar-refractivity contribution in [2.75, 3.05) is 13.6 Å². The van der Waals surface area contributed by atoms with Crippen molar-refractivity contribution >= 4 is 11.9 Å². The van der Waals surface area contributed by atoms with Gasteiger partial charge in [-0.1, -0.05) is 0 Å². The lowest BCUT2D eigenvalue weighted by Crippen LogP contribution is -2.40. The maximum atomic E-state index is 12.2. The molecule has 1 aromatic rings. The maximum absolute atomic E-state index is 12.2. The van der Waals surface area contributed by atoms with Crippen molar-refractivity contribution in [3.8, 4) is 0 Å². The van der Waals surface area contributed by atoms with Crippen LogP contribution in [0.15, 0.2) is 18.3 Å². The van der Waals surface area contributed by atoms with Crippen molar-refractivity contribution in [1.82, 2.24) is 9.47 Å². The van der Waals surface area contributed by atoms with E-state index in [9.17, 15) is 14.7 Å². The highest BCUT2D eigenvalue weighted by atomic mass is 16.4. The van der Waals surface area contributed by atoms with Crippen LogP contribution in [0.25, 0.3) is 0 Å². The van der Waals surface area contributed by atoms with E-state index in [0.717, 1.165) is 12.8 Å². The molecule has 1 aliphatic carbocycles. The molecule has 0 aliphatic heterocycles. The van der Waals surface area contributed by atoms with Gasteiger partial charge in [0, 0.05) is 19.8 Å². The highest BCUT2D eigenvalue weighted by Crippen LogP contribution is 2.27. The van der Waals surface area contributed by atoms with E-state index in [1.54, 1.807) is 30.3 Å². The Kier molecular flexibility index (Phi) is 3.90. The molecule has 1 fully saturated rings. The fraction of sp³-hybridized carbons (Fsp3) is 0.538. The van der Waals surface area contributed by atoms with Crippen LogP contribution in [0.5, 0.6) is 0 Å². The van der Waals surface area contributed by atoms with Crippen LogP contribution in [0.2, 0.25) is 0 Å². The predicted octanol–water partition coefficient (Wildman–Crippen LogP) is 0.416. The van der Waals surface area contributed by atoms with Crippen LogP contribution in [0.3, 0.4) is 0 Å². The molecule has 0 unspecified atom stereocenters. The van der Waals surface area contributed by atoms with Crippen LogP contribution in [0.1, 0.15) is 23.3 Å². The van der Waals surface area contributed by atoms with E-state index in [1.807, 2.05) is 0 Å². The first kappa shape index (κ1) is 13.6. The first-order valence-electron chi connectivity index (χ1n) is 6.28. The van der Waals surface area contributed by atoms with Crippen LogP contribution in [-0.4, -0.2) is 51.3 Å². The number of aliphatic hydroxyl groups is 1. The summed E-state index contributed by atoms with van der Waals surface area (Å²) >= 11 is 0. The number of carboxylic acids is 1. The zero-order chi connectivity index (χ0) is 14.0. The SMILES string of the molecule is CN(CC1CC(O)C1)C(=O)c1cccn1CC(=O)O. The summed E-state index contributed by atoms with van der Waals surface area (Å²) in [6, 6.07) is 3.29. The van der Waals surface area contributed by atoms with Gasteiger partial charge in [0.1, 0.15) is 12.2 Å². The summed E-state index contributed by atoms with van der Waals surface area (Å²) in [6.45, 7) is 0.373. The van der Waals surface area contributed by atoms with Crippen molar-refractivity contribution in [3.05, 3.63) is 24.0 Å². The number of hydrogen-bond donors (Lipinski definition) is 2. The van der Waals surface area contributed by atoms with Crippen molar-refractivity contribution in [3.63, 3.8) is 0 Å². The number of carbonyl (C=O) groups is 2. The molecule has 1 heterocycles. The molecule has 0 spiro atoms. The fourth-order valence-corrected chi connectivity index (χ4v) is 2.41. The maximum Gasteiger partial charge on any atom is 0.323 e. The van der Waals surface area contributed by atoms with Crippen molar-refractivity contribution in [2.45, 2.75) is 25.5 Å². The molecule has 0 aromatic carbocycles. The summed E-state index contributed by atoms with van der Waals surface area (Å²) in [7, 11) is 1.70. The molecule has 104 valence electrons. The van der Waals surface area contributed by atoms with Crippen LogP contribution in [-0.2, 0) is 11.3 Å². The molecule has 2 rings (SSSR count). The smallest absolute Gasteiger partial charge is 0.323 e. The molecule has 1 saturated carbocycles. The van der Waals surface area contributed by atoms with Gasteiger partial charge in [0.15, 0.2) is 0 Å². The van der Waals surface area contributed by atoms with E-state index in [4.69, 9.17) is 5.11 Å². The summed E-state index contributed by atoms with van der Waals surface area (Å²) in [6.07, 6.45) is 2.81. The van der Waals surface area contributed by atoms with E-state index in [2.05, 4.69) is 0 Å².